The molecule has 1 fully saturated rings. The summed E-state index contributed by atoms with van der Waals surface area (Å²) in [7, 11) is 1.40. The van der Waals surface area contributed by atoms with Crippen molar-refractivity contribution in [1.82, 2.24) is 0 Å². The van der Waals surface area contributed by atoms with Crippen LogP contribution in [0.15, 0.2) is 57.7 Å². The van der Waals surface area contributed by atoms with Gasteiger partial charge in [-0.25, -0.2) is 4.79 Å². The molecule has 1 N–H and O–H groups in total. The van der Waals surface area contributed by atoms with E-state index < -0.39 is 18.3 Å². The highest BCUT2D eigenvalue weighted by Crippen LogP contribution is 2.36. The van der Waals surface area contributed by atoms with Gasteiger partial charge in [0, 0.05) is 18.1 Å². The van der Waals surface area contributed by atoms with Gasteiger partial charge < -0.3 is 19.0 Å². The molecule has 0 amide bonds. The van der Waals surface area contributed by atoms with Crippen LogP contribution in [0.4, 0.5) is 5.69 Å². The molecule has 2 aromatic carbocycles. The summed E-state index contributed by atoms with van der Waals surface area (Å²) in [6, 6.07) is 15.2. The van der Waals surface area contributed by atoms with Crippen LogP contribution in [0, 0.1) is 0 Å². The lowest BCUT2D eigenvalue weighted by molar-refractivity contribution is 0.00578. The normalized spacial score (nSPS) is 17.8. The fourth-order valence-corrected chi connectivity index (χ4v) is 3.29. The average Bonchev–Trinajstić information content (AvgIpc) is 2.88. The van der Waals surface area contributed by atoms with Crippen LogP contribution < -0.4 is 16.4 Å². The van der Waals surface area contributed by atoms with Gasteiger partial charge >= 0.3 is 12.7 Å². The highest BCUT2D eigenvalue weighted by molar-refractivity contribution is 6.62. The molecule has 144 valence electrons. The molecule has 28 heavy (non-hydrogen) atoms. The largest absolute Gasteiger partial charge is 0.494 e. The predicted octanol–water partition coefficient (Wildman–Crippen LogP) is 3.80. The van der Waals surface area contributed by atoms with Crippen LogP contribution in [0.3, 0.4) is 0 Å². The lowest BCUT2D eigenvalue weighted by Gasteiger charge is -2.32. The van der Waals surface area contributed by atoms with Gasteiger partial charge in [0.05, 0.1) is 16.8 Å². The van der Waals surface area contributed by atoms with E-state index in [9.17, 15) is 4.79 Å². The minimum Gasteiger partial charge on any atom is -0.422 e. The first-order valence-electron chi connectivity index (χ1n) is 9.42. The summed E-state index contributed by atoms with van der Waals surface area (Å²) in [5.41, 5.74) is 2.60. The van der Waals surface area contributed by atoms with E-state index in [-0.39, 0.29) is 5.63 Å². The molecule has 1 saturated heterocycles. The van der Waals surface area contributed by atoms with Gasteiger partial charge in [-0.15, -0.1) is 0 Å². The van der Waals surface area contributed by atoms with Crippen LogP contribution in [0.1, 0.15) is 27.7 Å². The van der Waals surface area contributed by atoms with Crippen molar-refractivity contribution in [1.29, 1.82) is 0 Å². The minimum absolute atomic E-state index is 0.354. The molecule has 0 atom stereocenters. The van der Waals surface area contributed by atoms with Crippen molar-refractivity contribution in [3.8, 4) is 11.1 Å². The molecule has 3 aromatic rings. The van der Waals surface area contributed by atoms with Crippen LogP contribution in [0.2, 0.25) is 0 Å². The molecule has 1 aliphatic heterocycles. The van der Waals surface area contributed by atoms with Gasteiger partial charge in [0.15, 0.2) is 0 Å². The zero-order chi connectivity index (χ0) is 20.1. The van der Waals surface area contributed by atoms with Gasteiger partial charge in [-0.2, -0.15) is 0 Å². The first-order valence-corrected chi connectivity index (χ1v) is 9.42. The van der Waals surface area contributed by atoms with Crippen molar-refractivity contribution >= 4 is 29.2 Å². The SMILES string of the molecule is CNc1ccc(-c2cc3cc(B4OC(C)(C)C(C)(C)O4)ccc3oc2=O)cc1. The Morgan fingerprint density at radius 3 is 2.14 bits per heavy atom. The van der Waals surface area contributed by atoms with E-state index in [0.29, 0.717) is 11.1 Å². The van der Waals surface area contributed by atoms with Crippen molar-refractivity contribution in [2.75, 3.05) is 12.4 Å². The number of hydrogen-bond acceptors (Lipinski definition) is 5. The molecular weight excluding hydrogens is 353 g/mol. The lowest BCUT2D eigenvalue weighted by Crippen LogP contribution is -2.41. The molecule has 0 unspecified atom stereocenters. The van der Waals surface area contributed by atoms with Crippen molar-refractivity contribution in [3.05, 3.63) is 59.0 Å². The maximum absolute atomic E-state index is 12.5. The molecule has 6 heteroatoms. The fraction of sp³-hybridized carbons (Fsp3) is 0.318. The van der Waals surface area contributed by atoms with Gasteiger partial charge in [-0.1, -0.05) is 24.3 Å². The molecule has 0 radical (unpaired) electrons. The minimum atomic E-state index is -0.459. The summed E-state index contributed by atoms with van der Waals surface area (Å²) in [4.78, 5) is 12.5. The second kappa shape index (κ2) is 6.50. The average molecular weight is 377 g/mol. The Hall–Kier alpha value is -2.57. The molecule has 0 saturated carbocycles. The van der Waals surface area contributed by atoms with E-state index in [2.05, 4.69) is 5.32 Å². The number of hydrogen-bond donors (Lipinski definition) is 1. The zero-order valence-corrected chi connectivity index (χ0v) is 16.8. The van der Waals surface area contributed by atoms with Gasteiger partial charge in [-0.3, -0.25) is 0 Å². The Morgan fingerprint density at radius 1 is 0.893 bits per heavy atom. The first kappa shape index (κ1) is 18.8. The summed E-state index contributed by atoms with van der Waals surface area (Å²) in [5.74, 6) is 0. The number of benzene rings is 2. The second-order valence-electron chi connectivity index (χ2n) is 8.16. The molecule has 4 rings (SSSR count). The molecule has 1 aromatic heterocycles. The Labute approximate surface area is 164 Å². The Morgan fingerprint density at radius 2 is 1.54 bits per heavy atom. The van der Waals surface area contributed by atoms with E-state index in [0.717, 1.165) is 22.1 Å². The van der Waals surface area contributed by atoms with Crippen LogP contribution in [-0.4, -0.2) is 25.4 Å². The summed E-state index contributed by atoms with van der Waals surface area (Å²) >= 11 is 0. The zero-order valence-electron chi connectivity index (χ0n) is 16.8. The maximum atomic E-state index is 12.5. The summed E-state index contributed by atoms with van der Waals surface area (Å²) in [6.45, 7) is 8.11. The number of nitrogens with one attached hydrogen (secondary N) is 1. The molecule has 2 heterocycles. The summed E-state index contributed by atoms with van der Waals surface area (Å²) in [5, 5.41) is 3.91. The third kappa shape index (κ3) is 3.13. The van der Waals surface area contributed by atoms with Gasteiger partial charge in [-0.05, 0) is 63.0 Å². The molecule has 1 aliphatic rings. The summed E-state index contributed by atoms with van der Waals surface area (Å²) < 4.78 is 17.8. The Balaban J connectivity index is 1.75. The first-order chi connectivity index (χ1) is 13.2. The highest BCUT2D eigenvalue weighted by atomic mass is 16.7. The van der Waals surface area contributed by atoms with Crippen molar-refractivity contribution in [2.24, 2.45) is 0 Å². The van der Waals surface area contributed by atoms with Crippen LogP contribution in [0.25, 0.3) is 22.1 Å². The van der Waals surface area contributed by atoms with Crippen molar-refractivity contribution in [2.45, 2.75) is 38.9 Å². The smallest absolute Gasteiger partial charge is 0.422 e. The van der Waals surface area contributed by atoms with E-state index in [1.54, 1.807) is 6.07 Å². The van der Waals surface area contributed by atoms with Crippen molar-refractivity contribution < 1.29 is 13.7 Å². The highest BCUT2D eigenvalue weighted by Gasteiger charge is 2.51. The van der Waals surface area contributed by atoms with Gasteiger partial charge in [0.1, 0.15) is 5.58 Å². The quantitative estimate of drug-likeness (QED) is 0.556. The number of fused-ring (bicyclic) bond motifs is 1. The second-order valence-corrected chi connectivity index (χ2v) is 8.16. The molecule has 0 bridgehead atoms. The Kier molecular flexibility index (Phi) is 4.36. The summed E-state index contributed by atoms with van der Waals surface area (Å²) in [6.07, 6.45) is 0. The van der Waals surface area contributed by atoms with Crippen LogP contribution in [0.5, 0.6) is 0 Å². The third-order valence-corrected chi connectivity index (χ3v) is 5.77. The van der Waals surface area contributed by atoms with Gasteiger partial charge in [0.25, 0.3) is 0 Å². The van der Waals surface area contributed by atoms with E-state index >= 15 is 0 Å². The van der Waals surface area contributed by atoms with E-state index in [4.69, 9.17) is 13.7 Å². The van der Waals surface area contributed by atoms with E-state index in [1.165, 1.54) is 0 Å². The topological polar surface area (TPSA) is 60.7 Å². The third-order valence-electron chi connectivity index (χ3n) is 5.77. The predicted molar refractivity (Wildman–Crippen MR) is 113 cm³/mol. The van der Waals surface area contributed by atoms with Crippen molar-refractivity contribution in [3.63, 3.8) is 0 Å². The monoisotopic (exact) mass is 377 g/mol. The molecular formula is C22H24BNO4. The van der Waals surface area contributed by atoms with Crippen LogP contribution >= 0.6 is 0 Å². The fourth-order valence-electron chi connectivity index (χ4n) is 3.29. The lowest BCUT2D eigenvalue weighted by atomic mass is 9.78. The van der Waals surface area contributed by atoms with Crippen LogP contribution in [-0.2, 0) is 9.31 Å². The Bertz CT molecular complexity index is 1070. The maximum Gasteiger partial charge on any atom is 0.494 e. The number of anilines is 1. The molecule has 5 nitrogen and oxygen atoms in total. The number of rotatable bonds is 3. The standard InChI is InChI=1S/C22H24BNO4/c1-21(2)22(3,4)28-23(27-21)16-8-11-19-15(12-16)13-18(20(25)26-19)14-6-9-17(24-5)10-7-14/h6-13,24H,1-5H3. The molecule has 0 aliphatic carbocycles. The van der Waals surface area contributed by atoms with E-state index in [1.807, 2.05) is 77.2 Å². The van der Waals surface area contributed by atoms with Gasteiger partial charge in [0.2, 0.25) is 0 Å². The molecule has 0 spiro atoms.